The van der Waals surface area contributed by atoms with Crippen molar-refractivity contribution in [3.8, 4) is 11.5 Å². The smallest absolute Gasteiger partial charge is 0.251 e. The largest absolute Gasteiger partial charge is 0.448 e. The Bertz CT molecular complexity index is 927. The van der Waals surface area contributed by atoms with Crippen LogP contribution in [0.3, 0.4) is 0 Å². The maximum atomic E-state index is 12.6. The van der Waals surface area contributed by atoms with E-state index in [1.807, 2.05) is 30.3 Å². The number of halogens is 1. The summed E-state index contributed by atoms with van der Waals surface area (Å²) in [7, 11) is 0. The highest BCUT2D eigenvalue weighted by Crippen LogP contribution is 2.47. The lowest BCUT2D eigenvalue weighted by Crippen LogP contribution is -2.42. The number of benzene rings is 2. The van der Waals surface area contributed by atoms with Crippen LogP contribution >= 0.6 is 15.9 Å². The Hall–Kier alpha value is -2.09. The molecule has 1 amide bonds. The van der Waals surface area contributed by atoms with Gasteiger partial charge in [-0.15, -0.1) is 0 Å². The number of fused-ring (bicyclic) bond motifs is 1. The van der Waals surface area contributed by atoms with E-state index >= 15 is 0 Å². The van der Waals surface area contributed by atoms with E-state index in [9.17, 15) is 4.79 Å². The van der Waals surface area contributed by atoms with E-state index in [1.165, 1.54) is 0 Å². The van der Waals surface area contributed by atoms with E-state index in [4.69, 9.17) is 14.2 Å². The van der Waals surface area contributed by atoms with Crippen LogP contribution in [0, 0.1) is 0 Å². The summed E-state index contributed by atoms with van der Waals surface area (Å²) in [6, 6.07) is 13.8. The third-order valence-corrected chi connectivity index (χ3v) is 6.47. The highest BCUT2D eigenvalue weighted by Gasteiger charge is 2.44. The molecule has 2 aliphatic heterocycles. The molecule has 1 saturated heterocycles. The molecule has 1 N–H and O–H groups in total. The summed E-state index contributed by atoms with van der Waals surface area (Å²) in [5.41, 5.74) is 1.86. The van der Waals surface area contributed by atoms with Crippen molar-refractivity contribution in [2.75, 3.05) is 31.6 Å². The summed E-state index contributed by atoms with van der Waals surface area (Å²) >= 11 is 3.46. The second-order valence-electron chi connectivity index (χ2n) is 8.18. The molecule has 2 fully saturated rings. The van der Waals surface area contributed by atoms with E-state index in [1.54, 1.807) is 0 Å². The summed E-state index contributed by atoms with van der Waals surface area (Å²) in [4.78, 5) is 14.8. The summed E-state index contributed by atoms with van der Waals surface area (Å²) in [5.74, 6) is 0.957. The lowest BCUT2D eigenvalue weighted by atomic mass is 10.1. The Labute approximate surface area is 184 Å². The molecule has 1 spiro atoms. The van der Waals surface area contributed by atoms with Crippen LogP contribution in [0.25, 0.3) is 0 Å². The van der Waals surface area contributed by atoms with E-state index in [0.29, 0.717) is 19.7 Å². The maximum Gasteiger partial charge on any atom is 0.251 e. The molecule has 0 aromatic heterocycles. The van der Waals surface area contributed by atoms with Gasteiger partial charge < -0.3 is 19.5 Å². The monoisotopic (exact) mass is 472 g/mol. The number of carbonyl (C=O) groups excluding carboxylic acids is 1. The van der Waals surface area contributed by atoms with Crippen LogP contribution in [0.2, 0.25) is 0 Å². The van der Waals surface area contributed by atoms with Gasteiger partial charge in [0.25, 0.3) is 5.79 Å². The molecule has 2 aromatic rings. The van der Waals surface area contributed by atoms with E-state index in [-0.39, 0.29) is 12.0 Å². The average Bonchev–Trinajstić information content (AvgIpc) is 3.34. The topological polar surface area (TPSA) is 60.0 Å². The summed E-state index contributed by atoms with van der Waals surface area (Å²) in [5, 5.41) is 3.00. The first-order valence-electron chi connectivity index (χ1n) is 10.5. The second-order valence-corrected chi connectivity index (χ2v) is 9.09. The number of nitrogens with zero attached hydrogens (tertiary/aromatic N) is 1. The first kappa shape index (κ1) is 19.8. The van der Waals surface area contributed by atoms with Gasteiger partial charge in [0.15, 0.2) is 11.5 Å². The molecule has 1 saturated carbocycles. The molecular weight excluding hydrogens is 448 g/mol. The Morgan fingerprint density at radius 3 is 2.67 bits per heavy atom. The normalized spacial score (nSPS) is 22.4. The summed E-state index contributed by atoms with van der Waals surface area (Å²) in [6.45, 7) is 2.37. The first-order valence-corrected chi connectivity index (χ1v) is 11.3. The van der Waals surface area contributed by atoms with Crippen LogP contribution in [0.4, 0.5) is 5.69 Å². The lowest BCUT2D eigenvalue weighted by molar-refractivity contribution is -0.119. The number of carbonyl (C=O) groups is 1. The van der Waals surface area contributed by atoms with Gasteiger partial charge in [0.2, 0.25) is 5.91 Å². The summed E-state index contributed by atoms with van der Waals surface area (Å²) in [6.07, 6.45) is 4.06. The molecule has 1 atom stereocenters. The fourth-order valence-electron chi connectivity index (χ4n) is 4.42. The zero-order valence-electron chi connectivity index (χ0n) is 16.7. The van der Waals surface area contributed by atoms with Crippen LogP contribution in [0.15, 0.2) is 46.9 Å². The Morgan fingerprint density at radius 1 is 1.10 bits per heavy atom. The van der Waals surface area contributed by atoms with E-state index in [0.717, 1.165) is 59.5 Å². The standard InChI is InChI=1S/C23H25BrN2O4/c24-17-5-3-16(4-6-17)21-14-26(11-12-28-21)15-22(27)25-18-7-8-19-20(13-18)30-23(29-19)9-1-2-10-23/h3-8,13,21H,1-2,9-12,14-15H2,(H,25,27). The van der Waals surface area contributed by atoms with Crippen LogP contribution < -0.4 is 14.8 Å². The van der Waals surface area contributed by atoms with Crippen molar-refractivity contribution in [3.05, 3.63) is 52.5 Å². The fourth-order valence-corrected chi connectivity index (χ4v) is 4.68. The molecule has 1 aliphatic carbocycles. The highest BCUT2D eigenvalue weighted by atomic mass is 79.9. The summed E-state index contributed by atoms with van der Waals surface area (Å²) < 4.78 is 19.1. The van der Waals surface area contributed by atoms with Gasteiger partial charge in [-0.05, 0) is 42.7 Å². The highest BCUT2D eigenvalue weighted by molar-refractivity contribution is 9.10. The molecule has 30 heavy (non-hydrogen) atoms. The van der Waals surface area contributed by atoms with Crippen molar-refractivity contribution < 1.29 is 19.0 Å². The quantitative estimate of drug-likeness (QED) is 0.709. The number of anilines is 1. The number of hydrogen-bond acceptors (Lipinski definition) is 5. The van der Waals surface area contributed by atoms with Crippen LogP contribution in [-0.2, 0) is 9.53 Å². The van der Waals surface area contributed by atoms with Crippen LogP contribution in [-0.4, -0.2) is 42.8 Å². The predicted octanol–water partition coefficient (Wildman–Crippen LogP) is 4.50. The van der Waals surface area contributed by atoms with Crippen LogP contribution in [0.1, 0.15) is 37.4 Å². The maximum absolute atomic E-state index is 12.6. The van der Waals surface area contributed by atoms with Gasteiger partial charge in [0, 0.05) is 42.2 Å². The van der Waals surface area contributed by atoms with Crippen molar-refractivity contribution in [1.82, 2.24) is 4.90 Å². The van der Waals surface area contributed by atoms with Gasteiger partial charge in [0.1, 0.15) is 0 Å². The van der Waals surface area contributed by atoms with Gasteiger partial charge >= 0.3 is 0 Å². The van der Waals surface area contributed by atoms with E-state index in [2.05, 4.69) is 38.3 Å². The SMILES string of the molecule is O=C(CN1CCOC(c2ccc(Br)cc2)C1)Nc1ccc2c(c1)OC1(CCCC1)O2. The van der Waals surface area contributed by atoms with Crippen molar-refractivity contribution >= 4 is 27.5 Å². The third kappa shape index (κ3) is 4.19. The van der Waals surface area contributed by atoms with Crippen molar-refractivity contribution in [1.29, 1.82) is 0 Å². The van der Waals surface area contributed by atoms with Gasteiger partial charge in [-0.2, -0.15) is 0 Å². The zero-order chi connectivity index (χ0) is 20.6. The number of amides is 1. The predicted molar refractivity (Wildman–Crippen MR) is 117 cm³/mol. The number of rotatable bonds is 4. The molecule has 6 nitrogen and oxygen atoms in total. The van der Waals surface area contributed by atoms with Crippen molar-refractivity contribution in [3.63, 3.8) is 0 Å². The Balaban J connectivity index is 1.18. The molecule has 158 valence electrons. The van der Waals surface area contributed by atoms with E-state index < -0.39 is 5.79 Å². The van der Waals surface area contributed by atoms with Gasteiger partial charge in [0.05, 0.1) is 19.3 Å². The van der Waals surface area contributed by atoms with Crippen molar-refractivity contribution in [2.45, 2.75) is 37.6 Å². The molecule has 2 aromatic carbocycles. The average molecular weight is 473 g/mol. The minimum atomic E-state index is -0.485. The first-order chi connectivity index (χ1) is 14.6. The van der Waals surface area contributed by atoms with Gasteiger partial charge in [-0.3, -0.25) is 9.69 Å². The molecule has 0 radical (unpaired) electrons. The molecule has 2 heterocycles. The van der Waals surface area contributed by atoms with Gasteiger partial charge in [-0.1, -0.05) is 28.1 Å². The van der Waals surface area contributed by atoms with Crippen LogP contribution in [0.5, 0.6) is 11.5 Å². The number of ether oxygens (including phenoxy) is 3. The minimum absolute atomic E-state index is 0.0206. The van der Waals surface area contributed by atoms with Crippen molar-refractivity contribution in [2.24, 2.45) is 0 Å². The number of nitrogens with one attached hydrogen (secondary N) is 1. The molecule has 5 rings (SSSR count). The lowest BCUT2D eigenvalue weighted by Gasteiger charge is -2.32. The number of morpholine rings is 1. The Kier molecular flexibility index (Phi) is 5.43. The molecule has 1 unspecified atom stereocenters. The zero-order valence-corrected chi connectivity index (χ0v) is 18.3. The van der Waals surface area contributed by atoms with Gasteiger partial charge in [-0.25, -0.2) is 0 Å². The fraction of sp³-hybridized carbons (Fsp3) is 0.435. The molecule has 0 bridgehead atoms. The number of hydrogen-bond donors (Lipinski definition) is 1. The molecule has 7 heteroatoms. The third-order valence-electron chi connectivity index (χ3n) is 5.94. The Morgan fingerprint density at radius 2 is 1.87 bits per heavy atom. The molecular formula is C23H25BrN2O4. The molecule has 3 aliphatic rings. The minimum Gasteiger partial charge on any atom is -0.448 e. The second kappa shape index (κ2) is 8.21.